The zero-order valence-electron chi connectivity index (χ0n) is 8.40. The molecule has 1 atom stereocenters. The van der Waals surface area contributed by atoms with Crippen molar-refractivity contribution >= 4 is 17.6 Å². The van der Waals surface area contributed by atoms with Crippen molar-refractivity contribution in [3.8, 4) is 0 Å². The average molecular weight is 217 g/mol. The summed E-state index contributed by atoms with van der Waals surface area (Å²) in [6, 6.07) is 0.255. The Kier molecular flexibility index (Phi) is 3.52. The van der Waals surface area contributed by atoms with E-state index in [4.69, 9.17) is 11.6 Å². The van der Waals surface area contributed by atoms with Crippen LogP contribution in [-0.2, 0) is 9.53 Å². The largest absolute Gasteiger partial charge is 0.468 e. The van der Waals surface area contributed by atoms with Gasteiger partial charge >= 0.3 is 5.97 Å². The van der Waals surface area contributed by atoms with Gasteiger partial charge in [-0.3, -0.25) is 9.48 Å². The maximum absolute atomic E-state index is 11.1. The first-order valence-corrected chi connectivity index (χ1v) is 4.76. The molecular weight excluding hydrogens is 204 g/mol. The van der Waals surface area contributed by atoms with Crippen LogP contribution in [0, 0.1) is 0 Å². The number of esters is 1. The van der Waals surface area contributed by atoms with Gasteiger partial charge in [0, 0.05) is 17.8 Å². The lowest BCUT2D eigenvalue weighted by Gasteiger charge is -2.05. The zero-order chi connectivity index (χ0) is 10.7. The molecule has 0 saturated heterocycles. The lowest BCUT2D eigenvalue weighted by Crippen LogP contribution is -2.08. The lowest BCUT2D eigenvalue weighted by molar-refractivity contribution is -0.140. The Morgan fingerprint density at radius 2 is 2.29 bits per heavy atom. The van der Waals surface area contributed by atoms with Gasteiger partial charge in [0.2, 0.25) is 0 Å². The van der Waals surface area contributed by atoms with Crippen LogP contribution in [0.5, 0.6) is 0 Å². The van der Waals surface area contributed by atoms with E-state index in [0.29, 0.717) is 5.56 Å². The van der Waals surface area contributed by atoms with Gasteiger partial charge in [-0.1, -0.05) is 0 Å². The summed E-state index contributed by atoms with van der Waals surface area (Å²) in [4.78, 5) is 11.1. The summed E-state index contributed by atoms with van der Waals surface area (Å²) in [6.45, 7) is 4.00. The van der Waals surface area contributed by atoms with E-state index in [2.05, 4.69) is 9.84 Å². The highest BCUT2D eigenvalue weighted by Gasteiger charge is 2.20. The minimum Gasteiger partial charge on any atom is -0.468 e. The van der Waals surface area contributed by atoms with Gasteiger partial charge in [-0.15, -0.1) is 11.6 Å². The van der Waals surface area contributed by atoms with Crippen LogP contribution in [0.3, 0.4) is 0 Å². The molecule has 0 saturated carbocycles. The predicted molar refractivity (Wildman–Crippen MR) is 53.2 cm³/mol. The van der Waals surface area contributed by atoms with Gasteiger partial charge in [-0.2, -0.15) is 5.10 Å². The first kappa shape index (κ1) is 11.0. The van der Waals surface area contributed by atoms with Gasteiger partial charge in [-0.25, -0.2) is 0 Å². The fourth-order valence-corrected chi connectivity index (χ4v) is 1.21. The minimum atomic E-state index is -0.771. The van der Waals surface area contributed by atoms with E-state index in [9.17, 15) is 4.79 Å². The molecule has 0 aliphatic carbocycles. The van der Waals surface area contributed by atoms with Crippen molar-refractivity contribution in [2.75, 3.05) is 7.11 Å². The molecule has 1 heterocycles. The molecule has 78 valence electrons. The second-order valence-corrected chi connectivity index (χ2v) is 3.67. The van der Waals surface area contributed by atoms with E-state index in [1.165, 1.54) is 7.11 Å². The van der Waals surface area contributed by atoms with Crippen LogP contribution in [0.15, 0.2) is 12.4 Å². The minimum absolute atomic E-state index is 0.255. The first-order chi connectivity index (χ1) is 6.56. The van der Waals surface area contributed by atoms with Crippen molar-refractivity contribution in [3.05, 3.63) is 18.0 Å². The number of nitrogens with zero attached hydrogens (tertiary/aromatic N) is 2. The number of hydrogen-bond donors (Lipinski definition) is 0. The SMILES string of the molecule is COC(=O)C(Cl)c1cnn(C(C)C)c1. The summed E-state index contributed by atoms with van der Waals surface area (Å²) in [5.41, 5.74) is 0.659. The fraction of sp³-hybridized carbons (Fsp3) is 0.556. The van der Waals surface area contributed by atoms with Crippen molar-refractivity contribution in [3.63, 3.8) is 0 Å². The van der Waals surface area contributed by atoms with Crippen molar-refractivity contribution < 1.29 is 9.53 Å². The molecule has 1 aromatic heterocycles. The summed E-state index contributed by atoms with van der Waals surface area (Å²) in [5.74, 6) is -0.463. The fourth-order valence-electron chi connectivity index (χ4n) is 1.01. The zero-order valence-corrected chi connectivity index (χ0v) is 9.15. The molecule has 0 amide bonds. The van der Waals surface area contributed by atoms with Gasteiger partial charge in [-0.05, 0) is 13.8 Å². The number of carbonyl (C=O) groups is 1. The molecule has 0 radical (unpaired) electrons. The summed E-state index contributed by atoms with van der Waals surface area (Å²) in [6.07, 6.45) is 3.33. The van der Waals surface area contributed by atoms with Crippen LogP contribution in [0.1, 0.15) is 30.8 Å². The molecule has 0 aliphatic rings. The lowest BCUT2D eigenvalue weighted by atomic mass is 10.2. The molecule has 0 aromatic carbocycles. The van der Waals surface area contributed by atoms with Gasteiger partial charge in [0.25, 0.3) is 0 Å². The van der Waals surface area contributed by atoms with Gasteiger partial charge in [0.15, 0.2) is 5.38 Å². The van der Waals surface area contributed by atoms with Crippen LogP contribution in [0.25, 0.3) is 0 Å². The molecule has 0 aliphatic heterocycles. The second-order valence-electron chi connectivity index (χ2n) is 3.23. The third-order valence-corrected chi connectivity index (χ3v) is 2.28. The van der Waals surface area contributed by atoms with Gasteiger partial charge < -0.3 is 4.74 Å². The Bertz CT molecular complexity index is 322. The Balaban J connectivity index is 2.81. The Morgan fingerprint density at radius 3 is 2.71 bits per heavy atom. The topological polar surface area (TPSA) is 44.1 Å². The molecule has 1 aromatic rings. The number of rotatable bonds is 3. The monoisotopic (exact) mass is 216 g/mol. The molecule has 5 heteroatoms. The highest BCUT2D eigenvalue weighted by molar-refractivity contribution is 6.29. The molecule has 1 unspecified atom stereocenters. The van der Waals surface area contributed by atoms with Crippen molar-refractivity contribution in [1.29, 1.82) is 0 Å². The number of alkyl halides is 1. The molecule has 4 nitrogen and oxygen atoms in total. The molecule has 0 N–H and O–H groups in total. The molecule has 0 fully saturated rings. The molecule has 0 spiro atoms. The standard InChI is InChI=1S/C9H13ClN2O2/c1-6(2)12-5-7(4-11-12)8(10)9(13)14-3/h4-6,8H,1-3H3. The van der Waals surface area contributed by atoms with Crippen LogP contribution < -0.4 is 0 Å². The van der Waals surface area contributed by atoms with E-state index in [1.54, 1.807) is 17.1 Å². The van der Waals surface area contributed by atoms with E-state index in [0.717, 1.165) is 0 Å². The van der Waals surface area contributed by atoms with Crippen LogP contribution >= 0.6 is 11.6 Å². The van der Waals surface area contributed by atoms with Gasteiger partial charge in [0.1, 0.15) is 0 Å². The van der Waals surface area contributed by atoms with Crippen molar-refractivity contribution in [2.45, 2.75) is 25.3 Å². The molecule has 0 bridgehead atoms. The van der Waals surface area contributed by atoms with E-state index >= 15 is 0 Å². The third-order valence-electron chi connectivity index (χ3n) is 1.85. The molecular formula is C9H13ClN2O2. The highest BCUT2D eigenvalue weighted by Crippen LogP contribution is 2.21. The molecule has 1 rings (SSSR count). The van der Waals surface area contributed by atoms with Gasteiger partial charge in [0.05, 0.1) is 13.3 Å². The predicted octanol–water partition coefficient (Wildman–Crippen LogP) is 1.92. The third kappa shape index (κ3) is 2.26. The number of aromatic nitrogens is 2. The summed E-state index contributed by atoms with van der Waals surface area (Å²) in [5, 5.41) is 3.31. The number of methoxy groups -OCH3 is 1. The number of halogens is 1. The first-order valence-electron chi connectivity index (χ1n) is 4.32. The highest BCUT2D eigenvalue weighted by atomic mass is 35.5. The normalized spacial score (nSPS) is 12.9. The Morgan fingerprint density at radius 1 is 1.64 bits per heavy atom. The quantitative estimate of drug-likeness (QED) is 0.573. The number of hydrogen-bond acceptors (Lipinski definition) is 3. The summed E-state index contributed by atoms with van der Waals surface area (Å²) < 4.78 is 6.27. The summed E-state index contributed by atoms with van der Waals surface area (Å²) >= 11 is 5.85. The van der Waals surface area contributed by atoms with E-state index in [1.807, 2.05) is 13.8 Å². The molecule has 14 heavy (non-hydrogen) atoms. The number of ether oxygens (including phenoxy) is 1. The van der Waals surface area contributed by atoms with E-state index < -0.39 is 11.3 Å². The maximum Gasteiger partial charge on any atom is 0.328 e. The summed E-state index contributed by atoms with van der Waals surface area (Å²) in [7, 11) is 1.31. The maximum atomic E-state index is 11.1. The smallest absolute Gasteiger partial charge is 0.328 e. The van der Waals surface area contributed by atoms with Crippen LogP contribution in [-0.4, -0.2) is 22.9 Å². The second kappa shape index (κ2) is 4.46. The Labute approximate surface area is 87.8 Å². The van der Waals surface area contributed by atoms with E-state index in [-0.39, 0.29) is 6.04 Å². The van der Waals surface area contributed by atoms with Crippen molar-refractivity contribution in [1.82, 2.24) is 9.78 Å². The van der Waals surface area contributed by atoms with Crippen LogP contribution in [0.4, 0.5) is 0 Å². The average Bonchev–Trinajstić information content (AvgIpc) is 2.64. The van der Waals surface area contributed by atoms with Crippen LogP contribution in [0.2, 0.25) is 0 Å². The number of carbonyl (C=O) groups excluding carboxylic acids is 1. The van der Waals surface area contributed by atoms with Crippen molar-refractivity contribution in [2.24, 2.45) is 0 Å². The Hall–Kier alpha value is -1.03.